The van der Waals surface area contributed by atoms with Crippen LogP contribution in [0.3, 0.4) is 0 Å². The van der Waals surface area contributed by atoms with Gasteiger partial charge < -0.3 is 10.2 Å². The van der Waals surface area contributed by atoms with Gasteiger partial charge in [0.25, 0.3) is 0 Å². The molecule has 0 radical (unpaired) electrons. The summed E-state index contributed by atoms with van der Waals surface area (Å²) in [6, 6.07) is 0. The average Bonchev–Trinajstić information content (AvgIpc) is 2.46. The molecule has 0 aromatic carbocycles. The van der Waals surface area contributed by atoms with E-state index in [2.05, 4.69) is 50.0 Å². The van der Waals surface area contributed by atoms with Crippen molar-refractivity contribution >= 4 is 27.7 Å². The lowest BCUT2D eigenvalue weighted by Crippen LogP contribution is -2.34. The first-order valence-corrected chi connectivity index (χ1v) is 8.05. The predicted octanol–water partition coefficient (Wildman–Crippen LogP) is 3.69. The van der Waals surface area contributed by atoms with Gasteiger partial charge in [-0.15, -0.1) is 0 Å². The van der Waals surface area contributed by atoms with Crippen LogP contribution in [0.15, 0.2) is 10.7 Å². The molecule has 0 saturated carbocycles. The molecule has 0 aliphatic carbocycles. The Labute approximate surface area is 124 Å². The van der Waals surface area contributed by atoms with Crippen molar-refractivity contribution in [1.29, 1.82) is 0 Å². The van der Waals surface area contributed by atoms with Crippen molar-refractivity contribution in [2.45, 2.75) is 39.5 Å². The third-order valence-corrected chi connectivity index (χ3v) is 4.31. The highest BCUT2D eigenvalue weighted by atomic mass is 79.9. The van der Waals surface area contributed by atoms with E-state index in [1.165, 1.54) is 19.3 Å². The van der Waals surface area contributed by atoms with E-state index in [1.807, 2.05) is 6.20 Å². The summed E-state index contributed by atoms with van der Waals surface area (Å²) in [6.45, 7) is 7.54. The van der Waals surface area contributed by atoms with Crippen molar-refractivity contribution in [3.05, 3.63) is 10.7 Å². The molecule has 2 heterocycles. The number of halogens is 1. The summed E-state index contributed by atoms with van der Waals surface area (Å²) in [4.78, 5) is 11.3. The van der Waals surface area contributed by atoms with E-state index in [-0.39, 0.29) is 0 Å². The Hall–Kier alpha value is -0.840. The van der Waals surface area contributed by atoms with Crippen LogP contribution in [-0.2, 0) is 0 Å². The maximum absolute atomic E-state index is 4.64. The summed E-state index contributed by atoms with van der Waals surface area (Å²) in [6.07, 6.45) is 6.76. The van der Waals surface area contributed by atoms with E-state index < -0.39 is 0 Å². The van der Waals surface area contributed by atoms with Gasteiger partial charge in [0.2, 0.25) is 5.95 Å². The van der Waals surface area contributed by atoms with Crippen LogP contribution in [0, 0.1) is 5.92 Å². The normalized spacial score (nSPS) is 16.7. The summed E-state index contributed by atoms with van der Waals surface area (Å²) in [5.41, 5.74) is 0. The van der Waals surface area contributed by atoms with Gasteiger partial charge in [-0.2, -0.15) is 4.98 Å². The molecule has 106 valence electrons. The van der Waals surface area contributed by atoms with Gasteiger partial charge in [-0.25, -0.2) is 4.98 Å². The molecule has 1 aromatic heterocycles. The summed E-state index contributed by atoms with van der Waals surface area (Å²) in [7, 11) is 0. The fourth-order valence-corrected chi connectivity index (χ4v) is 2.90. The van der Waals surface area contributed by atoms with E-state index in [9.17, 15) is 0 Å². The van der Waals surface area contributed by atoms with Crippen LogP contribution in [0.2, 0.25) is 0 Å². The topological polar surface area (TPSA) is 41.1 Å². The van der Waals surface area contributed by atoms with Crippen LogP contribution in [-0.4, -0.2) is 29.6 Å². The molecule has 1 aliphatic rings. The van der Waals surface area contributed by atoms with Crippen LogP contribution < -0.4 is 10.2 Å². The summed E-state index contributed by atoms with van der Waals surface area (Å²) in [5, 5.41) is 3.25. The number of hydrogen-bond donors (Lipinski definition) is 1. The highest BCUT2D eigenvalue weighted by Gasteiger charge is 2.21. The molecule has 1 N–H and O–H groups in total. The summed E-state index contributed by atoms with van der Waals surface area (Å²) < 4.78 is 0.990. The number of nitrogens with one attached hydrogen (secondary N) is 1. The molecule has 2 rings (SSSR count). The van der Waals surface area contributed by atoms with Gasteiger partial charge in [0.05, 0.1) is 4.47 Å². The van der Waals surface area contributed by atoms with Crippen molar-refractivity contribution in [1.82, 2.24) is 9.97 Å². The molecule has 0 amide bonds. The van der Waals surface area contributed by atoms with Gasteiger partial charge in [0.1, 0.15) is 5.82 Å². The number of hydrogen-bond acceptors (Lipinski definition) is 4. The first-order valence-electron chi connectivity index (χ1n) is 7.26. The lowest BCUT2D eigenvalue weighted by molar-refractivity contribution is 0.393. The van der Waals surface area contributed by atoms with E-state index in [0.717, 1.165) is 48.2 Å². The lowest BCUT2D eigenvalue weighted by atomic mass is 9.94. The first kappa shape index (κ1) is 14.6. The number of anilines is 2. The van der Waals surface area contributed by atoms with Crippen molar-refractivity contribution in [3.63, 3.8) is 0 Å². The molecule has 1 fully saturated rings. The summed E-state index contributed by atoms with van der Waals surface area (Å²) in [5.74, 6) is 2.65. The van der Waals surface area contributed by atoms with Crippen molar-refractivity contribution in [3.8, 4) is 0 Å². The molecule has 1 aromatic rings. The Kier molecular flexibility index (Phi) is 5.43. The Balaban J connectivity index is 2.06. The predicted molar refractivity (Wildman–Crippen MR) is 83.7 cm³/mol. The first-order chi connectivity index (χ1) is 9.24. The largest absolute Gasteiger partial charge is 0.355 e. The maximum Gasteiger partial charge on any atom is 0.224 e. The summed E-state index contributed by atoms with van der Waals surface area (Å²) >= 11 is 3.57. The fourth-order valence-electron chi connectivity index (χ4n) is 2.45. The minimum absolute atomic E-state index is 0.734. The van der Waals surface area contributed by atoms with E-state index in [1.54, 1.807) is 0 Å². The molecule has 1 saturated heterocycles. The molecular formula is C14H23BrN4. The van der Waals surface area contributed by atoms with Crippen LogP contribution in [0.5, 0.6) is 0 Å². The Morgan fingerprint density at radius 1 is 1.37 bits per heavy atom. The van der Waals surface area contributed by atoms with Crippen LogP contribution >= 0.6 is 15.9 Å². The van der Waals surface area contributed by atoms with Crippen LogP contribution in [0.25, 0.3) is 0 Å². The standard InChI is InChI=1S/C14H23BrN4/c1-3-7-16-14-17-10-12(15)13(18-14)19-8-5-11(4-2)6-9-19/h10-11H,3-9H2,1-2H3,(H,16,17,18). The molecule has 5 heteroatoms. The molecule has 0 spiro atoms. The smallest absolute Gasteiger partial charge is 0.224 e. The van der Waals surface area contributed by atoms with E-state index >= 15 is 0 Å². The third-order valence-electron chi connectivity index (χ3n) is 3.75. The number of nitrogens with zero attached hydrogens (tertiary/aromatic N) is 3. The van der Waals surface area contributed by atoms with Crippen LogP contribution in [0.1, 0.15) is 39.5 Å². The second-order valence-corrected chi connectivity index (χ2v) is 5.98. The molecule has 19 heavy (non-hydrogen) atoms. The monoisotopic (exact) mass is 326 g/mol. The van der Waals surface area contributed by atoms with Crippen molar-refractivity contribution in [2.24, 2.45) is 5.92 Å². The fraction of sp³-hybridized carbons (Fsp3) is 0.714. The second kappa shape index (κ2) is 7.08. The molecular weight excluding hydrogens is 304 g/mol. The molecule has 0 unspecified atom stereocenters. The SMILES string of the molecule is CCCNc1ncc(Br)c(N2CCC(CC)CC2)n1. The third kappa shape index (κ3) is 3.81. The van der Waals surface area contributed by atoms with E-state index in [0.29, 0.717) is 0 Å². The van der Waals surface area contributed by atoms with Gasteiger partial charge in [-0.3, -0.25) is 0 Å². The molecule has 1 aliphatic heterocycles. The average molecular weight is 327 g/mol. The number of aromatic nitrogens is 2. The zero-order valence-corrected chi connectivity index (χ0v) is 13.4. The lowest BCUT2D eigenvalue weighted by Gasteiger charge is -2.32. The molecule has 0 atom stereocenters. The maximum atomic E-state index is 4.64. The number of rotatable bonds is 5. The Morgan fingerprint density at radius 2 is 2.11 bits per heavy atom. The van der Waals surface area contributed by atoms with Gasteiger partial charge in [0.15, 0.2) is 0 Å². The van der Waals surface area contributed by atoms with Gasteiger partial charge in [0, 0.05) is 25.8 Å². The zero-order chi connectivity index (χ0) is 13.7. The second-order valence-electron chi connectivity index (χ2n) is 5.13. The van der Waals surface area contributed by atoms with Gasteiger partial charge >= 0.3 is 0 Å². The quantitative estimate of drug-likeness (QED) is 0.895. The van der Waals surface area contributed by atoms with Gasteiger partial charge in [-0.1, -0.05) is 20.3 Å². The van der Waals surface area contributed by atoms with E-state index in [4.69, 9.17) is 0 Å². The highest BCUT2D eigenvalue weighted by Crippen LogP contribution is 2.29. The Bertz CT molecular complexity index is 402. The van der Waals surface area contributed by atoms with Crippen molar-refractivity contribution in [2.75, 3.05) is 29.9 Å². The van der Waals surface area contributed by atoms with Crippen molar-refractivity contribution < 1.29 is 0 Å². The van der Waals surface area contributed by atoms with Gasteiger partial charge in [-0.05, 0) is 41.1 Å². The molecule has 4 nitrogen and oxygen atoms in total. The zero-order valence-electron chi connectivity index (χ0n) is 11.8. The minimum atomic E-state index is 0.734. The molecule has 0 bridgehead atoms. The van der Waals surface area contributed by atoms with Crippen LogP contribution in [0.4, 0.5) is 11.8 Å². The number of piperidine rings is 1. The highest BCUT2D eigenvalue weighted by molar-refractivity contribution is 9.10. The Morgan fingerprint density at radius 3 is 2.74 bits per heavy atom. The minimum Gasteiger partial charge on any atom is -0.355 e.